The van der Waals surface area contributed by atoms with Crippen LogP contribution in [0.2, 0.25) is 0 Å². The highest BCUT2D eigenvalue weighted by Gasteiger charge is 2.42. The molecule has 1 saturated heterocycles. The second-order valence-corrected chi connectivity index (χ2v) is 8.13. The van der Waals surface area contributed by atoms with Crippen molar-refractivity contribution in [3.05, 3.63) is 69.9 Å². The number of hydrogen-bond donors (Lipinski definition) is 1. The fraction of sp³-hybridized carbons (Fsp3) is 0.304. The number of nitro groups is 1. The van der Waals surface area contributed by atoms with Crippen LogP contribution in [0.4, 0.5) is 17.1 Å². The molecule has 3 heterocycles. The normalized spacial score (nSPS) is 19.5. The van der Waals surface area contributed by atoms with E-state index in [0.717, 1.165) is 30.0 Å². The van der Waals surface area contributed by atoms with Crippen molar-refractivity contribution in [2.75, 3.05) is 36.0 Å². The van der Waals surface area contributed by atoms with Crippen molar-refractivity contribution in [1.29, 1.82) is 0 Å². The molecular formula is C23H24N5O3+. The van der Waals surface area contributed by atoms with Gasteiger partial charge in [-0.05, 0) is 55.2 Å². The van der Waals surface area contributed by atoms with Crippen LogP contribution in [0.5, 0.6) is 0 Å². The molecule has 0 aliphatic carbocycles. The van der Waals surface area contributed by atoms with Crippen molar-refractivity contribution in [1.82, 2.24) is 0 Å². The van der Waals surface area contributed by atoms with E-state index >= 15 is 0 Å². The summed E-state index contributed by atoms with van der Waals surface area (Å²) in [5.41, 5.74) is 3.20. The van der Waals surface area contributed by atoms with E-state index < -0.39 is 4.92 Å². The Labute approximate surface area is 180 Å². The number of anilines is 2. The molecule has 3 aliphatic heterocycles. The summed E-state index contributed by atoms with van der Waals surface area (Å²) in [6.07, 6.45) is 5.62. The van der Waals surface area contributed by atoms with Gasteiger partial charge in [0.25, 0.3) is 11.6 Å². The quantitative estimate of drug-likeness (QED) is 0.457. The van der Waals surface area contributed by atoms with E-state index in [1.165, 1.54) is 44.5 Å². The minimum Gasteiger partial charge on any atom is -0.333 e. The molecule has 0 bridgehead atoms. The average molecular weight is 418 g/mol. The van der Waals surface area contributed by atoms with Crippen LogP contribution in [0.1, 0.15) is 24.8 Å². The van der Waals surface area contributed by atoms with Crippen molar-refractivity contribution in [2.24, 2.45) is 4.99 Å². The van der Waals surface area contributed by atoms with Gasteiger partial charge >= 0.3 is 0 Å². The Morgan fingerprint density at radius 1 is 1.03 bits per heavy atom. The lowest BCUT2D eigenvalue weighted by Crippen LogP contribution is -3.13. The molecule has 2 aromatic rings. The van der Waals surface area contributed by atoms with Gasteiger partial charge in [0.15, 0.2) is 0 Å². The molecule has 3 aliphatic rings. The smallest absolute Gasteiger partial charge is 0.297 e. The van der Waals surface area contributed by atoms with Crippen LogP contribution in [0.15, 0.2) is 59.2 Å². The number of benzene rings is 2. The molecule has 0 saturated carbocycles. The number of carbonyl (C=O) groups excluding carboxylic acids is 1. The highest BCUT2D eigenvalue weighted by Crippen LogP contribution is 2.42. The lowest BCUT2D eigenvalue weighted by atomic mass is 10.1. The Bertz CT molecular complexity index is 1090. The third kappa shape index (κ3) is 3.59. The first kappa shape index (κ1) is 19.4. The number of likely N-dealkylation sites (tertiary alicyclic amines) is 1. The van der Waals surface area contributed by atoms with Gasteiger partial charge in [0.2, 0.25) is 5.96 Å². The number of nitro benzene ring substituents is 1. The number of guanidine groups is 1. The lowest BCUT2D eigenvalue weighted by molar-refractivity contribution is -0.903. The lowest BCUT2D eigenvalue weighted by Gasteiger charge is -2.26. The average Bonchev–Trinajstić information content (AvgIpc) is 3.27. The SMILES string of the molecule is O=C1N=C2N(CC[NH+]3CCCCC3)c3ccccc3N2C1=Cc1ccc([N+](=O)[O-])cc1. The van der Waals surface area contributed by atoms with Crippen molar-refractivity contribution < 1.29 is 14.6 Å². The van der Waals surface area contributed by atoms with Gasteiger partial charge < -0.3 is 9.80 Å². The molecule has 0 aromatic heterocycles. The minimum absolute atomic E-state index is 0.0229. The molecule has 5 rings (SSSR count). The molecule has 31 heavy (non-hydrogen) atoms. The van der Waals surface area contributed by atoms with Gasteiger partial charge in [0, 0.05) is 12.1 Å². The predicted octanol–water partition coefficient (Wildman–Crippen LogP) is 2.23. The summed E-state index contributed by atoms with van der Waals surface area (Å²) in [7, 11) is 0. The fourth-order valence-electron chi connectivity index (χ4n) is 4.58. The number of amides is 1. The topological polar surface area (TPSA) is 83.5 Å². The molecule has 0 unspecified atom stereocenters. The number of hydrogen-bond acceptors (Lipinski definition) is 5. The van der Waals surface area contributed by atoms with E-state index in [0.29, 0.717) is 11.7 Å². The highest BCUT2D eigenvalue weighted by atomic mass is 16.6. The number of rotatable bonds is 5. The Balaban J connectivity index is 1.44. The van der Waals surface area contributed by atoms with Crippen LogP contribution in [-0.4, -0.2) is 43.0 Å². The highest BCUT2D eigenvalue weighted by molar-refractivity contribution is 6.31. The molecule has 2 aromatic carbocycles. The number of non-ortho nitro benzene ring substituents is 1. The number of nitrogens with one attached hydrogen (secondary N) is 1. The van der Waals surface area contributed by atoms with E-state index in [1.807, 2.05) is 23.1 Å². The van der Waals surface area contributed by atoms with Crippen LogP contribution in [0.25, 0.3) is 6.08 Å². The first-order valence-corrected chi connectivity index (χ1v) is 10.7. The Morgan fingerprint density at radius 3 is 2.45 bits per heavy atom. The zero-order valence-corrected chi connectivity index (χ0v) is 17.2. The van der Waals surface area contributed by atoms with E-state index in [4.69, 9.17) is 0 Å². The van der Waals surface area contributed by atoms with Crippen molar-refractivity contribution in [2.45, 2.75) is 19.3 Å². The zero-order chi connectivity index (χ0) is 21.4. The van der Waals surface area contributed by atoms with Gasteiger partial charge in [0.05, 0.1) is 42.5 Å². The third-order valence-corrected chi connectivity index (χ3v) is 6.17. The first-order chi connectivity index (χ1) is 15.1. The molecule has 0 spiro atoms. The van der Waals surface area contributed by atoms with Crippen molar-refractivity contribution in [3.63, 3.8) is 0 Å². The summed E-state index contributed by atoms with van der Waals surface area (Å²) >= 11 is 0. The zero-order valence-electron chi connectivity index (χ0n) is 17.2. The Kier molecular flexibility index (Phi) is 4.99. The van der Waals surface area contributed by atoms with E-state index in [1.54, 1.807) is 23.1 Å². The number of aliphatic imine (C=N–C) groups is 1. The minimum atomic E-state index is -0.433. The molecule has 0 atom stereocenters. The second-order valence-electron chi connectivity index (χ2n) is 8.13. The van der Waals surface area contributed by atoms with Gasteiger partial charge in [-0.25, -0.2) is 0 Å². The Hall–Kier alpha value is -3.52. The number of quaternary nitrogens is 1. The molecule has 0 radical (unpaired) electrons. The molecule has 8 nitrogen and oxygen atoms in total. The number of nitrogens with zero attached hydrogens (tertiary/aromatic N) is 4. The van der Waals surface area contributed by atoms with Gasteiger partial charge in [-0.1, -0.05) is 12.1 Å². The van der Waals surface area contributed by atoms with Gasteiger partial charge in [-0.15, -0.1) is 0 Å². The summed E-state index contributed by atoms with van der Waals surface area (Å²) in [6.45, 7) is 4.22. The number of piperidine rings is 1. The van der Waals surface area contributed by atoms with Crippen LogP contribution in [-0.2, 0) is 4.79 Å². The largest absolute Gasteiger partial charge is 0.333 e. The predicted molar refractivity (Wildman–Crippen MR) is 119 cm³/mol. The summed E-state index contributed by atoms with van der Waals surface area (Å²) < 4.78 is 0. The fourth-order valence-corrected chi connectivity index (χ4v) is 4.58. The van der Waals surface area contributed by atoms with Crippen LogP contribution in [0.3, 0.4) is 0 Å². The van der Waals surface area contributed by atoms with Gasteiger partial charge in [0.1, 0.15) is 5.70 Å². The van der Waals surface area contributed by atoms with Crippen LogP contribution in [0, 0.1) is 10.1 Å². The molecule has 158 valence electrons. The molecule has 1 fully saturated rings. The number of carbonyl (C=O) groups is 1. The summed E-state index contributed by atoms with van der Waals surface area (Å²) in [6, 6.07) is 14.2. The molecule has 1 amide bonds. The maximum Gasteiger partial charge on any atom is 0.297 e. The summed E-state index contributed by atoms with van der Waals surface area (Å²) in [5, 5.41) is 10.9. The third-order valence-electron chi connectivity index (χ3n) is 6.17. The van der Waals surface area contributed by atoms with Crippen molar-refractivity contribution in [3.8, 4) is 0 Å². The Morgan fingerprint density at radius 2 is 1.74 bits per heavy atom. The number of para-hydroxylation sites is 2. The van der Waals surface area contributed by atoms with E-state index in [-0.39, 0.29) is 11.6 Å². The van der Waals surface area contributed by atoms with Crippen molar-refractivity contribution >= 4 is 35.0 Å². The van der Waals surface area contributed by atoms with Crippen LogP contribution < -0.4 is 14.7 Å². The van der Waals surface area contributed by atoms with E-state index in [9.17, 15) is 14.9 Å². The first-order valence-electron chi connectivity index (χ1n) is 10.7. The second kappa shape index (κ2) is 7.96. The monoisotopic (exact) mass is 418 g/mol. The van der Waals surface area contributed by atoms with Crippen LogP contribution >= 0.6 is 0 Å². The molecular weight excluding hydrogens is 394 g/mol. The van der Waals surface area contributed by atoms with Gasteiger partial charge in [-0.2, -0.15) is 4.99 Å². The molecule has 8 heteroatoms. The van der Waals surface area contributed by atoms with Gasteiger partial charge in [-0.3, -0.25) is 19.8 Å². The molecule has 1 N–H and O–H groups in total. The maximum absolute atomic E-state index is 12.8. The standard InChI is InChI=1S/C23H23N5O3/c29-22-21(16-17-8-10-18(11-9-17)28(30)31)27-20-7-3-2-6-19(20)26(23(27)24-22)15-14-25-12-4-1-5-13-25/h2-3,6-11,16H,1,4-5,12-15H2/p+1. The van der Waals surface area contributed by atoms with E-state index in [2.05, 4.69) is 16.0 Å². The summed E-state index contributed by atoms with van der Waals surface area (Å²) in [5.74, 6) is 0.356. The maximum atomic E-state index is 12.8. The number of fused-ring (bicyclic) bond motifs is 3. The summed E-state index contributed by atoms with van der Waals surface area (Å²) in [4.78, 5) is 33.3.